The maximum atomic E-state index is 11.5. The second-order valence-electron chi connectivity index (χ2n) is 4.61. The van der Waals surface area contributed by atoms with Crippen molar-refractivity contribution in [2.24, 2.45) is 5.92 Å². The molecule has 1 rings (SSSR count). The summed E-state index contributed by atoms with van der Waals surface area (Å²) in [4.78, 5) is 33.1. The number of urea groups is 1. The predicted octanol–water partition coefficient (Wildman–Crippen LogP) is 0.492. The minimum atomic E-state index is -0.763. The fourth-order valence-electron chi connectivity index (χ4n) is 2.10. The second-order valence-corrected chi connectivity index (χ2v) is 4.61. The number of carbonyl (C=O) groups excluding carboxylic acids is 2. The maximum absolute atomic E-state index is 11.5. The molecule has 0 aromatic rings. The number of carboxylic acids is 1. The van der Waals surface area contributed by atoms with Crippen LogP contribution in [0.25, 0.3) is 0 Å². The molecule has 19 heavy (non-hydrogen) atoms. The molecule has 1 fully saturated rings. The van der Waals surface area contributed by atoms with Crippen LogP contribution in [0.4, 0.5) is 4.79 Å². The third-order valence-corrected chi connectivity index (χ3v) is 3.25. The molecule has 0 atom stereocenters. The van der Waals surface area contributed by atoms with E-state index in [4.69, 9.17) is 5.11 Å². The number of methoxy groups -OCH3 is 1. The molecule has 0 heterocycles. The molecule has 0 aromatic heterocycles. The summed E-state index contributed by atoms with van der Waals surface area (Å²) in [6.45, 7) is 0.225. The van der Waals surface area contributed by atoms with Crippen LogP contribution in [-0.2, 0) is 14.3 Å². The molecule has 1 saturated carbocycles. The van der Waals surface area contributed by atoms with Gasteiger partial charge in [-0.2, -0.15) is 0 Å². The molecule has 108 valence electrons. The van der Waals surface area contributed by atoms with E-state index >= 15 is 0 Å². The Morgan fingerprint density at radius 3 is 2.37 bits per heavy atom. The Bertz CT molecular complexity index is 337. The average Bonchev–Trinajstić information content (AvgIpc) is 2.39. The summed E-state index contributed by atoms with van der Waals surface area (Å²) in [5, 5.41) is 14.2. The quantitative estimate of drug-likeness (QED) is 0.632. The Labute approximate surface area is 111 Å². The van der Waals surface area contributed by atoms with Crippen molar-refractivity contribution in [1.82, 2.24) is 10.6 Å². The lowest BCUT2D eigenvalue weighted by Crippen LogP contribution is -2.44. The van der Waals surface area contributed by atoms with Gasteiger partial charge in [0.05, 0.1) is 19.4 Å². The largest absolute Gasteiger partial charge is 0.481 e. The summed E-state index contributed by atoms with van der Waals surface area (Å²) >= 11 is 0. The SMILES string of the molecule is COC(=O)CCNC(=O)NC1CCC(C(=O)O)CC1. The standard InChI is InChI=1S/C12H20N2O5/c1-19-10(15)6-7-13-12(18)14-9-4-2-8(3-5-9)11(16)17/h8-9H,2-7H2,1H3,(H,16,17)(H2,13,14,18). The first-order valence-electron chi connectivity index (χ1n) is 6.37. The molecule has 1 aliphatic rings. The van der Waals surface area contributed by atoms with E-state index in [1.165, 1.54) is 7.11 Å². The van der Waals surface area contributed by atoms with Crippen molar-refractivity contribution in [3.05, 3.63) is 0 Å². The lowest BCUT2D eigenvalue weighted by Gasteiger charge is -2.26. The van der Waals surface area contributed by atoms with E-state index < -0.39 is 5.97 Å². The van der Waals surface area contributed by atoms with Gasteiger partial charge >= 0.3 is 18.0 Å². The first-order chi connectivity index (χ1) is 9.02. The third kappa shape index (κ3) is 5.58. The van der Waals surface area contributed by atoms with Crippen molar-refractivity contribution in [3.8, 4) is 0 Å². The average molecular weight is 272 g/mol. The molecule has 0 bridgehead atoms. The highest BCUT2D eigenvalue weighted by Crippen LogP contribution is 2.24. The summed E-state index contributed by atoms with van der Waals surface area (Å²) in [7, 11) is 1.29. The van der Waals surface area contributed by atoms with E-state index in [0.717, 1.165) is 0 Å². The number of ether oxygens (including phenoxy) is 1. The number of esters is 1. The van der Waals surface area contributed by atoms with E-state index in [1.807, 2.05) is 0 Å². The fraction of sp³-hybridized carbons (Fsp3) is 0.750. The summed E-state index contributed by atoms with van der Waals surface area (Å²) in [5.74, 6) is -1.43. The van der Waals surface area contributed by atoms with Gasteiger partial charge in [-0.1, -0.05) is 0 Å². The monoisotopic (exact) mass is 272 g/mol. The van der Waals surface area contributed by atoms with E-state index in [1.54, 1.807) is 0 Å². The number of hydrogen-bond acceptors (Lipinski definition) is 4. The summed E-state index contributed by atoms with van der Waals surface area (Å²) in [6, 6.07) is -0.323. The first-order valence-corrected chi connectivity index (χ1v) is 6.37. The van der Waals surface area contributed by atoms with Crippen LogP contribution < -0.4 is 10.6 Å². The third-order valence-electron chi connectivity index (χ3n) is 3.25. The van der Waals surface area contributed by atoms with Crippen LogP contribution in [0.1, 0.15) is 32.1 Å². The molecule has 7 heteroatoms. The van der Waals surface area contributed by atoms with Crippen LogP contribution in [0.2, 0.25) is 0 Å². The summed E-state index contributed by atoms with van der Waals surface area (Å²) in [6.07, 6.45) is 2.64. The van der Waals surface area contributed by atoms with Crippen molar-refractivity contribution in [3.63, 3.8) is 0 Å². The Kier molecular flexibility index (Phi) is 6.11. The van der Waals surface area contributed by atoms with E-state index in [9.17, 15) is 14.4 Å². The van der Waals surface area contributed by atoms with Crippen LogP contribution in [-0.4, -0.2) is 42.8 Å². The van der Waals surface area contributed by atoms with E-state index in [0.29, 0.717) is 25.7 Å². The number of hydrogen-bond donors (Lipinski definition) is 3. The minimum absolute atomic E-state index is 0.00808. The number of carbonyl (C=O) groups is 3. The normalized spacial score (nSPS) is 22.4. The van der Waals surface area contributed by atoms with Gasteiger partial charge in [0.2, 0.25) is 0 Å². The molecular weight excluding hydrogens is 252 g/mol. The Morgan fingerprint density at radius 1 is 1.21 bits per heavy atom. The lowest BCUT2D eigenvalue weighted by molar-refractivity contribution is -0.143. The molecule has 3 N–H and O–H groups in total. The molecule has 7 nitrogen and oxygen atoms in total. The molecular formula is C12H20N2O5. The minimum Gasteiger partial charge on any atom is -0.481 e. The molecule has 0 unspecified atom stereocenters. The van der Waals surface area contributed by atoms with Gasteiger partial charge in [0, 0.05) is 12.6 Å². The van der Waals surface area contributed by atoms with Crippen molar-refractivity contribution < 1.29 is 24.2 Å². The molecule has 0 radical (unpaired) electrons. The van der Waals surface area contributed by atoms with Crippen molar-refractivity contribution in [1.29, 1.82) is 0 Å². The summed E-state index contributed by atoms with van der Waals surface area (Å²) in [5.41, 5.74) is 0. The molecule has 2 amide bonds. The van der Waals surface area contributed by atoms with Crippen LogP contribution in [0.3, 0.4) is 0 Å². The van der Waals surface area contributed by atoms with Crippen LogP contribution in [0.15, 0.2) is 0 Å². The lowest BCUT2D eigenvalue weighted by atomic mass is 9.86. The first kappa shape index (κ1) is 15.3. The fourth-order valence-corrected chi connectivity index (χ4v) is 2.10. The highest BCUT2D eigenvalue weighted by atomic mass is 16.5. The van der Waals surface area contributed by atoms with Gasteiger partial charge in [-0.3, -0.25) is 9.59 Å². The van der Waals surface area contributed by atoms with Crippen molar-refractivity contribution in [2.45, 2.75) is 38.1 Å². The van der Waals surface area contributed by atoms with Gasteiger partial charge in [0.25, 0.3) is 0 Å². The van der Waals surface area contributed by atoms with Gasteiger partial charge in [-0.15, -0.1) is 0 Å². The molecule has 0 aromatic carbocycles. The van der Waals surface area contributed by atoms with Crippen molar-refractivity contribution in [2.75, 3.05) is 13.7 Å². The number of nitrogens with one attached hydrogen (secondary N) is 2. The zero-order valence-corrected chi connectivity index (χ0v) is 11.0. The molecule has 0 aliphatic heterocycles. The van der Waals surface area contributed by atoms with E-state index in [2.05, 4.69) is 15.4 Å². The highest BCUT2D eigenvalue weighted by Gasteiger charge is 2.26. The molecule has 1 aliphatic carbocycles. The predicted molar refractivity (Wildman–Crippen MR) is 66.5 cm³/mol. The van der Waals surface area contributed by atoms with Crippen LogP contribution in [0, 0.1) is 5.92 Å². The van der Waals surface area contributed by atoms with Gasteiger partial charge in [-0.05, 0) is 25.7 Å². The van der Waals surface area contributed by atoms with Gasteiger partial charge in [0.15, 0.2) is 0 Å². The Morgan fingerprint density at radius 2 is 1.84 bits per heavy atom. The van der Waals surface area contributed by atoms with Crippen LogP contribution >= 0.6 is 0 Å². The second kappa shape index (κ2) is 7.60. The zero-order valence-electron chi connectivity index (χ0n) is 11.0. The summed E-state index contributed by atoms with van der Waals surface area (Å²) < 4.78 is 4.45. The number of aliphatic carboxylic acids is 1. The highest BCUT2D eigenvalue weighted by molar-refractivity contribution is 5.75. The van der Waals surface area contributed by atoms with Crippen molar-refractivity contribution >= 4 is 18.0 Å². The maximum Gasteiger partial charge on any atom is 0.315 e. The Hall–Kier alpha value is -1.79. The smallest absolute Gasteiger partial charge is 0.315 e. The zero-order chi connectivity index (χ0) is 14.3. The van der Waals surface area contributed by atoms with E-state index in [-0.39, 0.29) is 36.9 Å². The topological polar surface area (TPSA) is 105 Å². The van der Waals surface area contributed by atoms with Gasteiger partial charge < -0.3 is 20.5 Å². The van der Waals surface area contributed by atoms with Gasteiger partial charge in [0.1, 0.15) is 0 Å². The number of carboxylic acid groups (broad SMARTS) is 1. The molecule has 0 spiro atoms. The number of rotatable bonds is 5. The molecule has 0 saturated heterocycles. The van der Waals surface area contributed by atoms with Crippen LogP contribution in [0.5, 0.6) is 0 Å². The van der Waals surface area contributed by atoms with Gasteiger partial charge in [-0.25, -0.2) is 4.79 Å². The Balaban J connectivity index is 2.16. The number of amides is 2.